The van der Waals surface area contributed by atoms with E-state index in [4.69, 9.17) is 9.52 Å². The number of alkyl halides is 3. The van der Waals surface area contributed by atoms with E-state index in [1.165, 1.54) is 11.8 Å². The minimum Gasteiger partial charge on any atom is -0.475 e. The van der Waals surface area contributed by atoms with Gasteiger partial charge in [-0.05, 0) is 25.7 Å². The molecule has 1 aromatic heterocycles. The molecule has 1 saturated heterocycles. The quantitative estimate of drug-likeness (QED) is 0.929. The molecule has 5 nitrogen and oxygen atoms in total. The van der Waals surface area contributed by atoms with Gasteiger partial charge in [0.1, 0.15) is 5.76 Å². The van der Waals surface area contributed by atoms with E-state index in [9.17, 15) is 22.8 Å². The Hall–Kier alpha value is -1.99. The SMILES string of the molecule is Cc1oc(C(=O)O)cc1C(=O)N1CCC(CC(F)(F)F)CC1. The van der Waals surface area contributed by atoms with Gasteiger partial charge in [0.15, 0.2) is 0 Å². The third kappa shape index (κ3) is 3.80. The Labute approximate surface area is 124 Å². The van der Waals surface area contributed by atoms with Gasteiger partial charge in [0.2, 0.25) is 5.76 Å². The molecule has 0 unspecified atom stereocenters. The number of amides is 1. The summed E-state index contributed by atoms with van der Waals surface area (Å²) in [6, 6.07) is 1.15. The third-order valence-corrected chi connectivity index (χ3v) is 3.78. The Balaban J connectivity index is 1.99. The Morgan fingerprint density at radius 2 is 1.95 bits per heavy atom. The van der Waals surface area contributed by atoms with Crippen LogP contribution in [-0.4, -0.2) is 41.1 Å². The zero-order chi connectivity index (χ0) is 16.5. The maximum atomic E-state index is 12.3. The Morgan fingerprint density at radius 3 is 2.41 bits per heavy atom. The number of furan rings is 1. The number of hydrogen-bond acceptors (Lipinski definition) is 3. The number of nitrogens with zero attached hydrogens (tertiary/aromatic N) is 1. The number of rotatable bonds is 3. The summed E-state index contributed by atoms with van der Waals surface area (Å²) in [5.41, 5.74) is 0.145. The van der Waals surface area contributed by atoms with E-state index in [-0.39, 0.29) is 43.0 Å². The number of piperidine rings is 1. The number of hydrogen-bond donors (Lipinski definition) is 1. The number of carboxylic acid groups (broad SMARTS) is 1. The van der Waals surface area contributed by atoms with Gasteiger partial charge in [0.05, 0.1) is 5.56 Å². The highest BCUT2D eigenvalue weighted by atomic mass is 19.4. The molecule has 2 rings (SSSR count). The van der Waals surface area contributed by atoms with Crippen LogP contribution in [0.3, 0.4) is 0 Å². The van der Waals surface area contributed by atoms with Crippen molar-refractivity contribution in [3.63, 3.8) is 0 Å². The van der Waals surface area contributed by atoms with E-state index >= 15 is 0 Å². The van der Waals surface area contributed by atoms with Gasteiger partial charge in [0, 0.05) is 25.6 Å². The summed E-state index contributed by atoms with van der Waals surface area (Å²) in [5, 5.41) is 8.83. The Bertz CT molecular complexity index is 571. The van der Waals surface area contributed by atoms with Crippen molar-refractivity contribution in [2.45, 2.75) is 32.4 Å². The molecule has 1 aliphatic rings. The number of carbonyl (C=O) groups excluding carboxylic acids is 1. The summed E-state index contributed by atoms with van der Waals surface area (Å²) in [5.74, 6) is -2.28. The zero-order valence-corrected chi connectivity index (χ0v) is 11.9. The number of aryl methyl sites for hydroxylation is 1. The van der Waals surface area contributed by atoms with Crippen molar-refractivity contribution in [2.24, 2.45) is 5.92 Å². The largest absolute Gasteiger partial charge is 0.475 e. The van der Waals surface area contributed by atoms with Crippen molar-refractivity contribution < 1.29 is 32.3 Å². The van der Waals surface area contributed by atoms with Crippen LogP contribution in [-0.2, 0) is 0 Å². The van der Waals surface area contributed by atoms with E-state index in [0.717, 1.165) is 6.07 Å². The van der Waals surface area contributed by atoms with Crippen LogP contribution in [0, 0.1) is 12.8 Å². The lowest BCUT2D eigenvalue weighted by Gasteiger charge is -2.32. The number of likely N-dealkylation sites (tertiary alicyclic amines) is 1. The number of carboxylic acids is 1. The Morgan fingerprint density at radius 1 is 1.36 bits per heavy atom. The summed E-state index contributed by atoms with van der Waals surface area (Å²) in [6.45, 7) is 1.94. The summed E-state index contributed by atoms with van der Waals surface area (Å²) in [4.78, 5) is 24.6. The predicted molar refractivity (Wildman–Crippen MR) is 69.7 cm³/mol. The second-order valence-electron chi connectivity index (χ2n) is 5.44. The van der Waals surface area contributed by atoms with Crippen molar-refractivity contribution in [3.8, 4) is 0 Å². The van der Waals surface area contributed by atoms with Gasteiger partial charge in [0.25, 0.3) is 5.91 Å². The summed E-state index contributed by atoms with van der Waals surface area (Å²) in [6.07, 6.45) is -4.45. The van der Waals surface area contributed by atoms with Gasteiger partial charge < -0.3 is 14.4 Å². The number of carbonyl (C=O) groups is 2. The number of halogens is 3. The first-order valence-corrected chi connectivity index (χ1v) is 6.87. The highest BCUT2D eigenvalue weighted by molar-refractivity contribution is 5.97. The van der Waals surface area contributed by atoms with Crippen molar-refractivity contribution >= 4 is 11.9 Å². The molecule has 1 amide bonds. The number of aromatic carboxylic acids is 1. The van der Waals surface area contributed by atoms with Gasteiger partial charge in [-0.25, -0.2) is 4.79 Å². The maximum absolute atomic E-state index is 12.3. The third-order valence-electron chi connectivity index (χ3n) is 3.78. The Kier molecular flexibility index (Phi) is 4.48. The average Bonchev–Trinajstić information content (AvgIpc) is 2.79. The van der Waals surface area contributed by atoms with Crippen LogP contribution < -0.4 is 0 Å². The molecule has 0 spiro atoms. The minimum atomic E-state index is -4.19. The van der Waals surface area contributed by atoms with Crippen LogP contribution in [0.5, 0.6) is 0 Å². The van der Waals surface area contributed by atoms with Gasteiger partial charge in [-0.15, -0.1) is 0 Å². The molecule has 8 heteroatoms. The van der Waals surface area contributed by atoms with Crippen LogP contribution in [0.2, 0.25) is 0 Å². The first-order chi connectivity index (χ1) is 10.2. The zero-order valence-electron chi connectivity index (χ0n) is 11.9. The second kappa shape index (κ2) is 6.02. The molecular formula is C14H16F3NO4. The molecule has 2 heterocycles. The standard InChI is InChI=1S/C14H16F3NO4/c1-8-10(6-11(22-8)13(20)21)12(19)18-4-2-9(3-5-18)7-14(15,16)17/h6,9H,2-5,7H2,1H3,(H,20,21). The minimum absolute atomic E-state index is 0.145. The van der Waals surface area contributed by atoms with Crippen LogP contribution in [0.15, 0.2) is 10.5 Å². The highest BCUT2D eigenvalue weighted by Gasteiger charge is 2.34. The van der Waals surface area contributed by atoms with E-state index in [0.29, 0.717) is 0 Å². The molecule has 22 heavy (non-hydrogen) atoms. The van der Waals surface area contributed by atoms with Crippen LogP contribution in [0.4, 0.5) is 13.2 Å². The molecule has 1 aliphatic heterocycles. The van der Waals surface area contributed by atoms with Crippen LogP contribution in [0.25, 0.3) is 0 Å². The molecule has 0 radical (unpaired) electrons. The molecular weight excluding hydrogens is 303 g/mol. The first-order valence-electron chi connectivity index (χ1n) is 6.87. The fraction of sp³-hybridized carbons (Fsp3) is 0.571. The topological polar surface area (TPSA) is 70.7 Å². The summed E-state index contributed by atoms with van der Waals surface area (Å²) in [7, 11) is 0. The molecule has 1 N–H and O–H groups in total. The summed E-state index contributed by atoms with van der Waals surface area (Å²) >= 11 is 0. The lowest BCUT2D eigenvalue weighted by Crippen LogP contribution is -2.39. The molecule has 0 atom stereocenters. The molecule has 0 aliphatic carbocycles. The lowest BCUT2D eigenvalue weighted by atomic mass is 9.93. The molecule has 1 fully saturated rings. The van der Waals surface area contributed by atoms with Crippen LogP contribution >= 0.6 is 0 Å². The monoisotopic (exact) mass is 319 g/mol. The van der Waals surface area contributed by atoms with E-state index in [2.05, 4.69) is 0 Å². The average molecular weight is 319 g/mol. The second-order valence-corrected chi connectivity index (χ2v) is 5.44. The highest BCUT2D eigenvalue weighted by Crippen LogP contribution is 2.31. The first kappa shape index (κ1) is 16.4. The molecule has 1 aromatic rings. The van der Waals surface area contributed by atoms with Crippen molar-refractivity contribution in [1.82, 2.24) is 4.90 Å². The van der Waals surface area contributed by atoms with E-state index in [1.807, 2.05) is 0 Å². The van der Waals surface area contributed by atoms with Crippen LogP contribution in [0.1, 0.15) is 45.9 Å². The lowest BCUT2D eigenvalue weighted by molar-refractivity contribution is -0.147. The maximum Gasteiger partial charge on any atom is 0.389 e. The van der Waals surface area contributed by atoms with Crippen molar-refractivity contribution in [3.05, 3.63) is 23.2 Å². The van der Waals surface area contributed by atoms with Gasteiger partial charge in [-0.2, -0.15) is 13.2 Å². The fourth-order valence-electron chi connectivity index (χ4n) is 2.64. The summed E-state index contributed by atoms with van der Waals surface area (Å²) < 4.78 is 42.0. The van der Waals surface area contributed by atoms with Gasteiger partial charge >= 0.3 is 12.1 Å². The predicted octanol–water partition coefficient (Wildman–Crippen LogP) is 3.09. The van der Waals surface area contributed by atoms with Crippen molar-refractivity contribution in [1.29, 1.82) is 0 Å². The molecule has 0 bridgehead atoms. The normalized spacial score (nSPS) is 16.8. The van der Waals surface area contributed by atoms with Crippen molar-refractivity contribution in [2.75, 3.05) is 13.1 Å². The van der Waals surface area contributed by atoms with Gasteiger partial charge in [-0.1, -0.05) is 0 Å². The fourth-order valence-corrected chi connectivity index (χ4v) is 2.64. The smallest absolute Gasteiger partial charge is 0.389 e. The van der Waals surface area contributed by atoms with E-state index < -0.39 is 30.4 Å². The van der Waals surface area contributed by atoms with E-state index in [1.54, 1.807) is 0 Å². The van der Waals surface area contributed by atoms with Gasteiger partial charge in [-0.3, -0.25) is 4.79 Å². The molecule has 0 saturated carbocycles. The molecule has 0 aromatic carbocycles. The molecule has 122 valence electrons.